The molecule has 0 saturated heterocycles. The van der Waals surface area contributed by atoms with Gasteiger partial charge in [0.2, 0.25) is 0 Å². The van der Waals surface area contributed by atoms with Crippen molar-refractivity contribution in [2.45, 2.75) is 13.3 Å². The third-order valence-electron chi connectivity index (χ3n) is 3.44. The maximum atomic E-state index is 12.2. The summed E-state index contributed by atoms with van der Waals surface area (Å²) < 4.78 is 0. The number of hydrogen-bond acceptors (Lipinski definition) is 3. The first kappa shape index (κ1) is 12.5. The largest absolute Gasteiger partial charge is 0.274 e. The van der Waals surface area contributed by atoms with E-state index in [4.69, 9.17) is 0 Å². The van der Waals surface area contributed by atoms with Crippen molar-refractivity contribution in [1.82, 2.24) is 9.88 Å². The number of fused-ring (bicyclic) bond motifs is 1. The topological polar surface area (TPSA) is 50.3 Å². The molecule has 0 saturated carbocycles. The van der Waals surface area contributed by atoms with E-state index in [9.17, 15) is 9.59 Å². The summed E-state index contributed by atoms with van der Waals surface area (Å²) in [6.07, 6.45) is 2.36. The third-order valence-corrected chi connectivity index (χ3v) is 3.44. The van der Waals surface area contributed by atoms with Gasteiger partial charge in [-0.2, -0.15) is 0 Å². The zero-order valence-corrected chi connectivity index (χ0v) is 11.2. The zero-order chi connectivity index (χ0) is 14.1. The molecule has 0 N–H and O–H groups in total. The van der Waals surface area contributed by atoms with E-state index in [1.54, 1.807) is 30.5 Å². The fourth-order valence-electron chi connectivity index (χ4n) is 2.31. The Labute approximate surface area is 117 Å². The normalized spacial score (nSPS) is 13.8. The number of rotatable bonds is 3. The maximum absolute atomic E-state index is 12.2. The molecule has 1 aliphatic rings. The lowest BCUT2D eigenvalue weighted by molar-refractivity contribution is 0.0656. The summed E-state index contributed by atoms with van der Waals surface area (Å²) in [6.45, 7) is 2.34. The molecule has 0 aliphatic carbocycles. The van der Waals surface area contributed by atoms with Gasteiger partial charge in [-0.1, -0.05) is 18.2 Å². The second-order valence-corrected chi connectivity index (χ2v) is 4.88. The Kier molecular flexibility index (Phi) is 3.06. The molecule has 3 rings (SSSR count). The van der Waals surface area contributed by atoms with Crippen LogP contribution in [0, 0.1) is 6.92 Å². The first-order valence-corrected chi connectivity index (χ1v) is 6.53. The number of nitrogens with zero attached hydrogens (tertiary/aromatic N) is 2. The zero-order valence-electron chi connectivity index (χ0n) is 11.2. The van der Waals surface area contributed by atoms with Gasteiger partial charge in [-0.25, -0.2) is 0 Å². The minimum absolute atomic E-state index is 0.210. The molecule has 20 heavy (non-hydrogen) atoms. The molecule has 0 unspecified atom stereocenters. The highest BCUT2D eigenvalue weighted by molar-refractivity contribution is 6.21. The fourth-order valence-corrected chi connectivity index (χ4v) is 2.31. The molecular formula is C16H14N2O2. The molecule has 1 aromatic carbocycles. The molecule has 2 amide bonds. The summed E-state index contributed by atoms with van der Waals surface area (Å²) in [4.78, 5) is 29.9. The molecule has 2 aromatic rings. The Bertz CT molecular complexity index is 642. The van der Waals surface area contributed by atoms with Crippen molar-refractivity contribution in [2.75, 3.05) is 6.54 Å². The number of amides is 2. The molecule has 1 aliphatic heterocycles. The van der Waals surface area contributed by atoms with Gasteiger partial charge in [0.15, 0.2) is 0 Å². The summed E-state index contributed by atoms with van der Waals surface area (Å²) in [5, 5.41) is 0. The van der Waals surface area contributed by atoms with Crippen LogP contribution in [0.15, 0.2) is 42.6 Å². The van der Waals surface area contributed by atoms with Crippen molar-refractivity contribution in [3.05, 3.63) is 65.0 Å². The standard InChI is InChI=1S/C16H14N2O2/c1-11-6-7-12(17-10-11)8-9-18-15(19)13-4-2-3-5-14(13)16(18)20/h2-7,10H,8-9H2,1H3. The number of hydrogen-bond donors (Lipinski definition) is 0. The van der Waals surface area contributed by atoms with Gasteiger partial charge in [0.05, 0.1) is 11.1 Å². The Morgan fingerprint density at radius 2 is 1.65 bits per heavy atom. The van der Waals surface area contributed by atoms with Crippen LogP contribution < -0.4 is 0 Å². The van der Waals surface area contributed by atoms with Crippen LogP contribution in [0.5, 0.6) is 0 Å². The summed E-state index contributed by atoms with van der Waals surface area (Å²) in [6, 6.07) is 10.8. The van der Waals surface area contributed by atoms with E-state index in [1.807, 2.05) is 19.1 Å². The quantitative estimate of drug-likeness (QED) is 0.800. The maximum Gasteiger partial charge on any atom is 0.261 e. The average Bonchev–Trinajstić information content (AvgIpc) is 2.71. The molecule has 4 nitrogen and oxygen atoms in total. The lowest BCUT2D eigenvalue weighted by Gasteiger charge is -2.13. The smallest absolute Gasteiger partial charge is 0.261 e. The number of benzene rings is 1. The number of aromatic nitrogens is 1. The Balaban J connectivity index is 1.75. The highest BCUT2D eigenvalue weighted by Gasteiger charge is 2.34. The van der Waals surface area contributed by atoms with Crippen molar-refractivity contribution in [3.63, 3.8) is 0 Å². The van der Waals surface area contributed by atoms with E-state index in [0.717, 1.165) is 11.3 Å². The van der Waals surface area contributed by atoms with E-state index >= 15 is 0 Å². The van der Waals surface area contributed by atoms with Crippen LogP contribution in [0.2, 0.25) is 0 Å². The van der Waals surface area contributed by atoms with Crippen molar-refractivity contribution >= 4 is 11.8 Å². The predicted molar refractivity (Wildman–Crippen MR) is 74.5 cm³/mol. The van der Waals surface area contributed by atoms with Crippen LogP contribution >= 0.6 is 0 Å². The Morgan fingerprint density at radius 1 is 1.00 bits per heavy atom. The monoisotopic (exact) mass is 266 g/mol. The molecular weight excluding hydrogens is 252 g/mol. The average molecular weight is 266 g/mol. The van der Waals surface area contributed by atoms with E-state index in [-0.39, 0.29) is 11.8 Å². The lowest BCUT2D eigenvalue weighted by atomic mass is 10.1. The number of pyridine rings is 1. The second kappa shape index (κ2) is 4.89. The summed E-state index contributed by atoms with van der Waals surface area (Å²) >= 11 is 0. The van der Waals surface area contributed by atoms with Gasteiger partial charge in [0.1, 0.15) is 0 Å². The van der Waals surface area contributed by atoms with E-state index in [0.29, 0.717) is 24.1 Å². The van der Waals surface area contributed by atoms with Gasteiger partial charge in [0.25, 0.3) is 11.8 Å². The highest BCUT2D eigenvalue weighted by Crippen LogP contribution is 2.22. The summed E-state index contributed by atoms with van der Waals surface area (Å²) in [5.74, 6) is -0.421. The van der Waals surface area contributed by atoms with E-state index in [1.165, 1.54) is 4.90 Å². The number of imide groups is 1. The van der Waals surface area contributed by atoms with Gasteiger partial charge in [-0.3, -0.25) is 19.5 Å². The molecule has 0 atom stereocenters. The predicted octanol–water partition coefficient (Wildman–Crippen LogP) is 2.23. The van der Waals surface area contributed by atoms with Crippen LogP contribution in [0.4, 0.5) is 0 Å². The first-order valence-electron chi connectivity index (χ1n) is 6.53. The van der Waals surface area contributed by atoms with Gasteiger partial charge in [-0.15, -0.1) is 0 Å². The number of carbonyl (C=O) groups excluding carboxylic acids is 2. The van der Waals surface area contributed by atoms with Crippen LogP contribution in [0.25, 0.3) is 0 Å². The summed E-state index contributed by atoms with van der Waals surface area (Å²) in [7, 11) is 0. The van der Waals surface area contributed by atoms with Crippen LogP contribution in [0.1, 0.15) is 32.0 Å². The van der Waals surface area contributed by atoms with Crippen LogP contribution in [0.3, 0.4) is 0 Å². The Hall–Kier alpha value is -2.49. The molecule has 100 valence electrons. The minimum Gasteiger partial charge on any atom is -0.274 e. The number of aryl methyl sites for hydroxylation is 1. The highest BCUT2D eigenvalue weighted by atomic mass is 16.2. The van der Waals surface area contributed by atoms with Crippen molar-refractivity contribution in [3.8, 4) is 0 Å². The first-order chi connectivity index (χ1) is 9.66. The fraction of sp³-hybridized carbons (Fsp3) is 0.188. The Morgan fingerprint density at radius 3 is 2.20 bits per heavy atom. The van der Waals surface area contributed by atoms with Gasteiger partial charge < -0.3 is 0 Å². The van der Waals surface area contributed by atoms with Gasteiger partial charge in [-0.05, 0) is 30.7 Å². The molecule has 4 heteroatoms. The van der Waals surface area contributed by atoms with Crippen LogP contribution in [-0.4, -0.2) is 28.2 Å². The molecule has 1 aromatic heterocycles. The van der Waals surface area contributed by atoms with Gasteiger partial charge in [0, 0.05) is 24.9 Å². The van der Waals surface area contributed by atoms with Gasteiger partial charge >= 0.3 is 0 Å². The summed E-state index contributed by atoms with van der Waals surface area (Å²) in [5.41, 5.74) is 2.96. The SMILES string of the molecule is Cc1ccc(CCN2C(=O)c3ccccc3C2=O)nc1. The lowest BCUT2D eigenvalue weighted by Crippen LogP contribution is -2.31. The van der Waals surface area contributed by atoms with E-state index in [2.05, 4.69) is 4.98 Å². The molecule has 0 spiro atoms. The minimum atomic E-state index is -0.210. The molecule has 2 heterocycles. The third kappa shape index (κ3) is 2.09. The van der Waals surface area contributed by atoms with Crippen LogP contribution in [-0.2, 0) is 6.42 Å². The van der Waals surface area contributed by atoms with Crippen molar-refractivity contribution in [2.24, 2.45) is 0 Å². The van der Waals surface area contributed by atoms with E-state index < -0.39 is 0 Å². The number of carbonyl (C=O) groups is 2. The molecule has 0 bridgehead atoms. The van der Waals surface area contributed by atoms with Crippen molar-refractivity contribution in [1.29, 1.82) is 0 Å². The van der Waals surface area contributed by atoms with Crippen molar-refractivity contribution < 1.29 is 9.59 Å². The molecule has 0 fully saturated rings. The molecule has 0 radical (unpaired) electrons. The second-order valence-electron chi connectivity index (χ2n) is 4.88.